The number of pyridine rings is 1. The van der Waals surface area contributed by atoms with Gasteiger partial charge in [0.1, 0.15) is 17.6 Å². The van der Waals surface area contributed by atoms with Gasteiger partial charge < -0.3 is 14.6 Å². The van der Waals surface area contributed by atoms with Crippen LogP contribution in [0.1, 0.15) is 35.4 Å². The van der Waals surface area contributed by atoms with Crippen LogP contribution in [0.3, 0.4) is 0 Å². The zero-order valence-corrected chi connectivity index (χ0v) is 17.7. The van der Waals surface area contributed by atoms with Crippen molar-refractivity contribution in [3.8, 4) is 22.8 Å². The highest BCUT2D eigenvalue weighted by atomic mass is 19.4. The minimum absolute atomic E-state index is 0.339. The van der Waals surface area contributed by atoms with E-state index in [0.717, 1.165) is 23.3 Å². The lowest BCUT2D eigenvalue weighted by Gasteiger charge is -2.18. The van der Waals surface area contributed by atoms with E-state index in [1.807, 2.05) is 19.9 Å². The number of aryl methyl sites for hydroxylation is 2. The average Bonchev–Trinajstić information content (AvgIpc) is 2.72. The van der Waals surface area contributed by atoms with E-state index >= 15 is 0 Å². The molecule has 168 valence electrons. The first-order valence-corrected chi connectivity index (χ1v) is 9.81. The third kappa shape index (κ3) is 5.57. The van der Waals surface area contributed by atoms with Crippen molar-refractivity contribution in [2.75, 3.05) is 6.61 Å². The van der Waals surface area contributed by atoms with Crippen LogP contribution in [-0.2, 0) is 11.0 Å². The van der Waals surface area contributed by atoms with E-state index < -0.39 is 24.3 Å². The topological polar surface area (TPSA) is 68.7 Å². The maximum absolute atomic E-state index is 12.8. The van der Waals surface area contributed by atoms with E-state index in [0.29, 0.717) is 28.5 Å². The van der Waals surface area contributed by atoms with Gasteiger partial charge in [-0.2, -0.15) is 13.2 Å². The van der Waals surface area contributed by atoms with Crippen LogP contribution < -0.4 is 9.47 Å². The second-order valence-electron chi connectivity index (χ2n) is 7.32. The average molecular weight is 445 g/mol. The minimum atomic E-state index is -4.38. The quantitative estimate of drug-likeness (QED) is 0.484. The van der Waals surface area contributed by atoms with Crippen molar-refractivity contribution >= 4 is 5.97 Å². The summed E-state index contributed by atoms with van der Waals surface area (Å²) in [6.45, 7) is 5.05. The van der Waals surface area contributed by atoms with E-state index in [2.05, 4.69) is 4.98 Å². The highest BCUT2D eigenvalue weighted by Gasteiger charge is 2.30. The molecule has 0 aliphatic carbocycles. The summed E-state index contributed by atoms with van der Waals surface area (Å²) in [7, 11) is 0. The van der Waals surface area contributed by atoms with Crippen molar-refractivity contribution in [3.63, 3.8) is 0 Å². The number of carboxylic acids is 1. The van der Waals surface area contributed by atoms with Crippen molar-refractivity contribution in [2.24, 2.45) is 0 Å². The molecule has 3 aromatic rings. The minimum Gasteiger partial charge on any atom is -0.486 e. The standard InChI is InChI=1S/C24H22F3NO4/c1-14-12-19(8-11-22(14)31-13-23(29)30)32-16(3)20-9-10-21(28-15(20)2)17-4-6-18(7-5-17)24(25,26)27/h4-12,16H,13H2,1-3H3,(H,29,30). The molecule has 0 radical (unpaired) electrons. The van der Waals surface area contributed by atoms with Crippen molar-refractivity contribution in [1.82, 2.24) is 4.98 Å². The number of alkyl halides is 3. The molecule has 0 aliphatic rings. The lowest BCUT2D eigenvalue weighted by molar-refractivity contribution is -0.139. The molecule has 5 nitrogen and oxygen atoms in total. The maximum atomic E-state index is 12.8. The predicted octanol–water partition coefficient (Wildman–Crippen LogP) is 5.99. The van der Waals surface area contributed by atoms with Gasteiger partial charge in [0.2, 0.25) is 0 Å². The summed E-state index contributed by atoms with van der Waals surface area (Å²) >= 11 is 0. The summed E-state index contributed by atoms with van der Waals surface area (Å²) in [6, 6.07) is 13.6. The van der Waals surface area contributed by atoms with Gasteiger partial charge in [-0.05, 0) is 62.7 Å². The SMILES string of the molecule is Cc1cc(OC(C)c2ccc(-c3ccc(C(F)(F)F)cc3)nc2C)ccc1OCC(=O)O. The molecule has 1 N–H and O–H groups in total. The molecule has 0 bridgehead atoms. The zero-order chi connectivity index (χ0) is 23.5. The fourth-order valence-corrected chi connectivity index (χ4v) is 3.26. The lowest BCUT2D eigenvalue weighted by Crippen LogP contribution is -2.10. The molecule has 1 unspecified atom stereocenters. The number of carbonyl (C=O) groups is 1. The number of aromatic nitrogens is 1. The van der Waals surface area contributed by atoms with Gasteiger partial charge in [0.05, 0.1) is 11.3 Å². The molecular formula is C24H22F3NO4. The number of aliphatic carboxylic acids is 1. The summed E-state index contributed by atoms with van der Waals surface area (Å²) < 4.78 is 49.5. The number of halogens is 3. The van der Waals surface area contributed by atoms with E-state index in [-0.39, 0.29) is 6.10 Å². The van der Waals surface area contributed by atoms with Crippen LogP contribution in [0.5, 0.6) is 11.5 Å². The number of carboxylic acid groups (broad SMARTS) is 1. The van der Waals surface area contributed by atoms with Crippen molar-refractivity contribution in [3.05, 3.63) is 77.0 Å². The van der Waals surface area contributed by atoms with Crippen LogP contribution in [-0.4, -0.2) is 22.7 Å². The van der Waals surface area contributed by atoms with Crippen LogP contribution in [0.25, 0.3) is 11.3 Å². The number of ether oxygens (including phenoxy) is 2. The van der Waals surface area contributed by atoms with E-state index in [1.54, 1.807) is 31.2 Å². The number of benzene rings is 2. The second-order valence-corrected chi connectivity index (χ2v) is 7.32. The molecule has 3 rings (SSSR count). The van der Waals surface area contributed by atoms with Crippen LogP contribution in [0.4, 0.5) is 13.2 Å². The molecule has 0 aliphatic heterocycles. The smallest absolute Gasteiger partial charge is 0.416 e. The monoisotopic (exact) mass is 445 g/mol. The Morgan fingerprint density at radius 3 is 2.31 bits per heavy atom. The van der Waals surface area contributed by atoms with Gasteiger partial charge in [-0.3, -0.25) is 4.98 Å². The van der Waals surface area contributed by atoms with Crippen LogP contribution in [0.2, 0.25) is 0 Å². The Hall–Kier alpha value is -3.55. The third-order valence-electron chi connectivity index (χ3n) is 4.88. The van der Waals surface area contributed by atoms with E-state index in [9.17, 15) is 18.0 Å². The summed E-state index contributed by atoms with van der Waals surface area (Å²) in [4.78, 5) is 15.2. The highest BCUT2D eigenvalue weighted by Crippen LogP contribution is 2.32. The van der Waals surface area contributed by atoms with Gasteiger partial charge in [-0.15, -0.1) is 0 Å². The molecular weight excluding hydrogens is 423 g/mol. The second kappa shape index (κ2) is 9.30. The molecule has 0 amide bonds. The molecule has 1 atom stereocenters. The number of hydrogen-bond acceptors (Lipinski definition) is 4. The van der Waals surface area contributed by atoms with Crippen LogP contribution >= 0.6 is 0 Å². The fraction of sp³-hybridized carbons (Fsp3) is 0.250. The number of nitrogens with zero attached hydrogens (tertiary/aromatic N) is 1. The number of rotatable bonds is 7. The predicted molar refractivity (Wildman–Crippen MR) is 113 cm³/mol. The largest absolute Gasteiger partial charge is 0.486 e. The Bertz CT molecular complexity index is 1110. The van der Waals surface area contributed by atoms with Crippen LogP contribution in [0, 0.1) is 13.8 Å². The molecule has 32 heavy (non-hydrogen) atoms. The molecule has 1 aromatic heterocycles. The third-order valence-corrected chi connectivity index (χ3v) is 4.88. The molecule has 1 heterocycles. The Morgan fingerprint density at radius 2 is 1.75 bits per heavy atom. The summed E-state index contributed by atoms with van der Waals surface area (Å²) in [6.07, 6.45) is -4.72. The molecule has 2 aromatic carbocycles. The van der Waals surface area contributed by atoms with Gasteiger partial charge in [0.25, 0.3) is 0 Å². The van der Waals surface area contributed by atoms with Crippen molar-refractivity contribution in [2.45, 2.75) is 33.1 Å². The Balaban J connectivity index is 1.73. The zero-order valence-electron chi connectivity index (χ0n) is 17.7. The normalized spacial score (nSPS) is 12.3. The highest BCUT2D eigenvalue weighted by molar-refractivity contribution is 5.68. The Kier molecular flexibility index (Phi) is 6.72. The van der Waals surface area contributed by atoms with Gasteiger partial charge in [-0.25, -0.2) is 4.79 Å². The van der Waals surface area contributed by atoms with Gasteiger partial charge in [0.15, 0.2) is 6.61 Å². The molecule has 0 spiro atoms. The van der Waals surface area contributed by atoms with Gasteiger partial charge in [0, 0.05) is 16.8 Å². The Morgan fingerprint density at radius 1 is 1.06 bits per heavy atom. The first-order valence-electron chi connectivity index (χ1n) is 9.81. The molecule has 8 heteroatoms. The van der Waals surface area contributed by atoms with Crippen LogP contribution in [0.15, 0.2) is 54.6 Å². The fourth-order valence-electron chi connectivity index (χ4n) is 3.26. The maximum Gasteiger partial charge on any atom is 0.416 e. The molecule has 0 saturated carbocycles. The summed E-state index contributed by atoms with van der Waals surface area (Å²) in [5, 5.41) is 8.73. The number of hydrogen-bond donors (Lipinski definition) is 1. The first-order chi connectivity index (χ1) is 15.0. The van der Waals surface area contributed by atoms with E-state index in [4.69, 9.17) is 14.6 Å². The molecule has 0 fully saturated rings. The lowest BCUT2D eigenvalue weighted by atomic mass is 10.0. The van der Waals surface area contributed by atoms with Crippen molar-refractivity contribution in [1.29, 1.82) is 0 Å². The first kappa shape index (κ1) is 23.1. The Labute approximate surface area is 183 Å². The summed E-state index contributed by atoms with van der Waals surface area (Å²) in [5.74, 6) is -0.00361. The van der Waals surface area contributed by atoms with Gasteiger partial charge in [-0.1, -0.05) is 18.2 Å². The molecule has 0 saturated heterocycles. The summed E-state index contributed by atoms with van der Waals surface area (Å²) in [5.41, 5.74) is 2.74. The van der Waals surface area contributed by atoms with Gasteiger partial charge >= 0.3 is 12.1 Å². The van der Waals surface area contributed by atoms with Crippen molar-refractivity contribution < 1.29 is 32.5 Å². The van der Waals surface area contributed by atoms with E-state index in [1.165, 1.54) is 12.1 Å².